The van der Waals surface area contributed by atoms with Crippen molar-refractivity contribution in [2.75, 3.05) is 6.61 Å². The first kappa shape index (κ1) is 16.4. The van der Waals surface area contributed by atoms with E-state index in [1.807, 2.05) is 50.2 Å². The number of hydrogen-bond donors (Lipinski definition) is 1. The van der Waals surface area contributed by atoms with E-state index in [0.717, 1.165) is 34.5 Å². The van der Waals surface area contributed by atoms with Crippen LogP contribution in [0, 0.1) is 0 Å². The molecule has 5 nitrogen and oxygen atoms in total. The molecule has 1 N–H and O–H groups in total. The maximum atomic E-state index is 5.98. The highest BCUT2D eigenvalue weighted by molar-refractivity contribution is 6.62. The molecule has 3 aromatic rings. The zero-order valence-corrected chi connectivity index (χ0v) is 15.5. The molecule has 0 bridgehead atoms. The Morgan fingerprint density at radius 1 is 1.22 bits per heavy atom. The Labute approximate surface area is 158 Å². The van der Waals surface area contributed by atoms with E-state index < -0.39 is 12.7 Å². The van der Waals surface area contributed by atoms with Gasteiger partial charge in [-0.1, -0.05) is 30.8 Å². The molecule has 2 aliphatic heterocycles. The van der Waals surface area contributed by atoms with Gasteiger partial charge in [0.05, 0.1) is 29.3 Å². The summed E-state index contributed by atoms with van der Waals surface area (Å²) in [5.41, 5.74) is 3.59. The zero-order chi connectivity index (χ0) is 18.6. The topological polar surface area (TPSA) is 56.4 Å². The number of para-hydroxylation sites is 1. The van der Waals surface area contributed by atoms with Gasteiger partial charge in [0, 0.05) is 0 Å². The summed E-state index contributed by atoms with van der Waals surface area (Å²) >= 11 is 0. The van der Waals surface area contributed by atoms with Gasteiger partial charge in [-0.3, -0.25) is 0 Å². The molecule has 0 saturated carbocycles. The summed E-state index contributed by atoms with van der Waals surface area (Å²) in [6, 6.07) is 14.2. The second-order valence-corrected chi connectivity index (χ2v) is 7.72. The van der Waals surface area contributed by atoms with Gasteiger partial charge in [-0.05, 0) is 49.5 Å². The second kappa shape index (κ2) is 5.89. The van der Waals surface area contributed by atoms with Crippen LogP contribution < -0.4 is 10.2 Å². The molecule has 0 aliphatic carbocycles. The molecule has 5 rings (SSSR count). The smallest absolute Gasteiger partial charge is 0.534 e. The summed E-state index contributed by atoms with van der Waals surface area (Å²) < 4.78 is 17.7. The van der Waals surface area contributed by atoms with E-state index in [1.54, 1.807) is 0 Å². The monoisotopic (exact) mass is 360 g/mol. The third kappa shape index (κ3) is 2.81. The number of aromatic amines is 1. The molecule has 2 aromatic carbocycles. The highest BCUT2D eigenvalue weighted by atomic mass is 16.7. The van der Waals surface area contributed by atoms with Crippen molar-refractivity contribution in [3.63, 3.8) is 0 Å². The first-order valence-corrected chi connectivity index (χ1v) is 9.24. The number of fused-ring (bicyclic) bond motifs is 2. The van der Waals surface area contributed by atoms with Crippen molar-refractivity contribution in [3.8, 4) is 5.75 Å². The number of imidazole rings is 1. The third-order valence-electron chi connectivity index (χ3n) is 5.39. The Balaban J connectivity index is 1.43. The zero-order valence-electron chi connectivity index (χ0n) is 15.5. The van der Waals surface area contributed by atoms with Crippen molar-refractivity contribution in [1.82, 2.24) is 9.97 Å². The van der Waals surface area contributed by atoms with Crippen LogP contribution in [0.4, 0.5) is 0 Å². The number of aromatic nitrogens is 2. The fourth-order valence-electron chi connectivity index (χ4n) is 3.65. The van der Waals surface area contributed by atoms with Crippen LogP contribution in [0.1, 0.15) is 31.2 Å². The fourth-order valence-corrected chi connectivity index (χ4v) is 3.65. The van der Waals surface area contributed by atoms with E-state index in [0.29, 0.717) is 12.4 Å². The molecular formula is C21H21BN2O3. The van der Waals surface area contributed by atoms with Crippen LogP contribution >= 0.6 is 0 Å². The molecule has 1 aromatic heterocycles. The van der Waals surface area contributed by atoms with Crippen LogP contribution in [-0.4, -0.2) is 29.3 Å². The number of benzene rings is 2. The Kier molecular flexibility index (Phi) is 3.59. The van der Waals surface area contributed by atoms with E-state index in [-0.39, 0.29) is 5.92 Å². The van der Waals surface area contributed by atoms with Gasteiger partial charge in [-0.25, -0.2) is 4.98 Å². The second-order valence-electron chi connectivity index (χ2n) is 7.72. The van der Waals surface area contributed by atoms with Gasteiger partial charge in [-0.15, -0.1) is 0 Å². The van der Waals surface area contributed by atoms with Crippen LogP contribution in [0.2, 0.25) is 0 Å². The van der Waals surface area contributed by atoms with Gasteiger partial charge in [0.25, 0.3) is 0 Å². The van der Waals surface area contributed by atoms with E-state index in [9.17, 15) is 0 Å². The van der Waals surface area contributed by atoms with Crippen molar-refractivity contribution in [1.29, 1.82) is 0 Å². The number of H-pyrrole nitrogens is 1. The number of hydrogen-bond acceptors (Lipinski definition) is 4. The molecule has 6 heteroatoms. The highest BCUT2D eigenvalue weighted by Crippen LogP contribution is 2.32. The lowest BCUT2D eigenvalue weighted by molar-refractivity contribution is 0.173. The molecule has 2 aliphatic rings. The summed E-state index contributed by atoms with van der Waals surface area (Å²) in [4.78, 5) is 8.28. The Hall–Kier alpha value is -2.73. The summed E-state index contributed by atoms with van der Waals surface area (Å²) in [5.74, 6) is 2.79. The van der Waals surface area contributed by atoms with Crippen LogP contribution in [0.3, 0.4) is 0 Å². The van der Waals surface area contributed by atoms with Crippen molar-refractivity contribution in [2.24, 2.45) is 0 Å². The van der Waals surface area contributed by atoms with Gasteiger partial charge in [0.15, 0.2) is 0 Å². The van der Waals surface area contributed by atoms with E-state index in [2.05, 4.69) is 17.6 Å². The number of nitrogens with one attached hydrogen (secondary N) is 1. The standard InChI is InChI=1S/C21H21BN2O3/c1-13-21(2,3)27-22(26-13)16-8-9-17-18(11-16)24-20(23-17)15-10-14-6-4-5-7-19(14)25-12-15/h4-9,11,15H,1,10,12H2,2-3H3,(H,23,24). The minimum Gasteiger partial charge on any atom is -0.534 e. The molecular weight excluding hydrogens is 339 g/mol. The third-order valence-corrected chi connectivity index (χ3v) is 5.39. The number of nitrogens with zero attached hydrogens (tertiary/aromatic N) is 1. The SMILES string of the molecule is C=C1OB(c2ccc3[nH]c(C4COc5ccccc5C4)nc3c2)OC1(C)C. The van der Waals surface area contributed by atoms with Crippen LogP contribution in [0.15, 0.2) is 54.8 Å². The molecule has 0 amide bonds. The highest BCUT2D eigenvalue weighted by Gasteiger charge is 2.42. The predicted molar refractivity (Wildman–Crippen MR) is 105 cm³/mol. The summed E-state index contributed by atoms with van der Waals surface area (Å²) in [5, 5.41) is 0. The molecule has 136 valence electrons. The molecule has 1 fully saturated rings. The van der Waals surface area contributed by atoms with Gasteiger partial charge < -0.3 is 19.0 Å². The molecule has 1 atom stereocenters. The van der Waals surface area contributed by atoms with Gasteiger partial charge in [0.2, 0.25) is 0 Å². The summed E-state index contributed by atoms with van der Waals surface area (Å²) in [7, 11) is -0.443. The van der Waals surface area contributed by atoms with Crippen LogP contribution in [-0.2, 0) is 15.7 Å². The Bertz CT molecular complexity index is 1040. The lowest BCUT2D eigenvalue weighted by Gasteiger charge is -2.23. The van der Waals surface area contributed by atoms with E-state index in [4.69, 9.17) is 19.0 Å². The van der Waals surface area contributed by atoms with Crippen LogP contribution in [0.25, 0.3) is 11.0 Å². The summed E-state index contributed by atoms with van der Waals surface area (Å²) in [6.07, 6.45) is 0.922. The van der Waals surface area contributed by atoms with Gasteiger partial charge in [0.1, 0.15) is 17.2 Å². The predicted octanol–water partition coefficient (Wildman–Crippen LogP) is 3.32. The molecule has 1 unspecified atom stereocenters. The van der Waals surface area contributed by atoms with Crippen molar-refractivity contribution < 1.29 is 14.0 Å². The van der Waals surface area contributed by atoms with Gasteiger partial charge in [-0.2, -0.15) is 0 Å². The van der Waals surface area contributed by atoms with E-state index in [1.165, 1.54) is 5.56 Å². The molecule has 27 heavy (non-hydrogen) atoms. The normalized spacial score (nSPS) is 21.0. The first-order valence-electron chi connectivity index (χ1n) is 9.24. The van der Waals surface area contributed by atoms with Crippen LogP contribution in [0.5, 0.6) is 5.75 Å². The maximum absolute atomic E-state index is 5.98. The molecule has 3 heterocycles. The van der Waals surface area contributed by atoms with Crippen molar-refractivity contribution >= 4 is 23.6 Å². The lowest BCUT2D eigenvalue weighted by Crippen LogP contribution is -2.34. The van der Waals surface area contributed by atoms with Crippen molar-refractivity contribution in [3.05, 3.63) is 66.2 Å². The maximum Gasteiger partial charge on any atom is 0.563 e. The average molecular weight is 360 g/mol. The lowest BCUT2D eigenvalue weighted by atomic mass is 9.79. The number of rotatable bonds is 2. The molecule has 0 spiro atoms. The number of ether oxygens (including phenoxy) is 1. The minimum atomic E-state index is -0.483. The first-order chi connectivity index (χ1) is 13.0. The molecule has 1 saturated heterocycles. The van der Waals surface area contributed by atoms with E-state index >= 15 is 0 Å². The van der Waals surface area contributed by atoms with Crippen molar-refractivity contribution in [2.45, 2.75) is 31.8 Å². The Morgan fingerprint density at radius 3 is 2.89 bits per heavy atom. The minimum absolute atomic E-state index is 0.216. The summed E-state index contributed by atoms with van der Waals surface area (Å²) in [6.45, 7) is 8.50. The van der Waals surface area contributed by atoms with Gasteiger partial charge >= 0.3 is 7.12 Å². The Morgan fingerprint density at radius 2 is 2.07 bits per heavy atom. The quantitative estimate of drug-likeness (QED) is 0.713. The average Bonchev–Trinajstić information content (AvgIpc) is 3.21. The largest absolute Gasteiger partial charge is 0.563 e. The fraction of sp³-hybridized carbons (Fsp3) is 0.286. The molecule has 0 radical (unpaired) electrons.